The van der Waals surface area contributed by atoms with Gasteiger partial charge in [-0.2, -0.15) is 13.2 Å². The Balaban J connectivity index is 2.36. The molecule has 0 spiro atoms. The van der Waals surface area contributed by atoms with Gasteiger partial charge in [-0.1, -0.05) is 24.6 Å². The number of carbonyl (C=O) groups is 2. The topological polar surface area (TPSA) is 128 Å². The highest BCUT2D eigenvalue weighted by atomic mass is 35.5. The van der Waals surface area contributed by atoms with Crippen LogP contribution in [0.4, 0.5) is 18.9 Å². The molecule has 8 nitrogen and oxygen atoms in total. The van der Waals surface area contributed by atoms with E-state index in [0.29, 0.717) is 12.3 Å². The van der Waals surface area contributed by atoms with Crippen molar-refractivity contribution in [3.05, 3.63) is 68.5 Å². The third kappa shape index (κ3) is 5.23. The lowest BCUT2D eigenvalue weighted by atomic mass is 9.92. The van der Waals surface area contributed by atoms with Gasteiger partial charge in [0, 0.05) is 29.9 Å². The molecule has 0 aliphatic rings. The van der Waals surface area contributed by atoms with E-state index in [9.17, 15) is 32.9 Å². The SMILES string of the molecule is CCC(NC(=O)c1cccc([N+](=O)[O-])c1)C(C(N)=O)c1ncc(C(F)(F)F)cc1Cl. The molecule has 160 valence electrons. The van der Waals surface area contributed by atoms with Gasteiger partial charge in [-0.3, -0.25) is 24.7 Å². The Hall–Kier alpha value is -3.21. The standard InChI is InChI=1S/C18H16ClF3N4O4/c1-2-13(25-17(28)9-4-3-5-11(6-9)26(29)30)14(16(23)27)15-12(19)7-10(8-24-15)18(20,21)22/h3-8,13-14H,2H2,1H3,(H2,23,27)(H,25,28). The molecule has 1 aromatic carbocycles. The van der Waals surface area contributed by atoms with Crippen molar-refractivity contribution in [2.75, 3.05) is 0 Å². The minimum absolute atomic E-state index is 0.0441. The van der Waals surface area contributed by atoms with Gasteiger partial charge in [0.15, 0.2) is 0 Å². The lowest BCUT2D eigenvalue weighted by Gasteiger charge is -2.25. The number of hydrogen-bond donors (Lipinski definition) is 2. The van der Waals surface area contributed by atoms with E-state index in [1.807, 2.05) is 0 Å². The molecule has 2 aromatic rings. The fourth-order valence-corrected chi connectivity index (χ4v) is 3.07. The number of nitro groups is 1. The second kappa shape index (κ2) is 9.08. The monoisotopic (exact) mass is 444 g/mol. The first-order chi connectivity index (χ1) is 14.0. The van der Waals surface area contributed by atoms with Gasteiger partial charge in [0.1, 0.15) is 5.92 Å². The van der Waals surface area contributed by atoms with Crippen molar-refractivity contribution in [2.45, 2.75) is 31.5 Å². The fourth-order valence-electron chi connectivity index (χ4n) is 2.79. The molecule has 2 rings (SSSR count). The quantitative estimate of drug-likeness (QED) is 0.499. The molecule has 3 N–H and O–H groups in total. The van der Waals surface area contributed by atoms with Gasteiger partial charge in [-0.15, -0.1) is 0 Å². The number of non-ortho nitro benzene ring substituents is 1. The van der Waals surface area contributed by atoms with Crippen LogP contribution in [0.2, 0.25) is 5.02 Å². The molecule has 2 amide bonds. The highest BCUT2D eigenvalue weighted by molar-refractivity contribution is 6.31. The molecule has 0 saturated heterocycles. The molecule has 0 radical (unpaired) electrons. The Morgan fingerprint density at radius 1 is 1.33 bits per heavy atom. The highest BCUT2D eigenvalue weighted by Gasteiger charge is 2.35. The van der Waals surface area contributed by atoms with E-state index in [-0.39, 0.29) is 23.4 Å². The minimum atomic E-state index is -4.68. The number of benzene rings is 1. The normalized spacial score (nSPS) is 13.4. The summed E-state index contributed by atoms with van der Waals surface area (Å²) < 4.78 is 38.5. The number of halogens is 4. The molecule has 0 bridgehead atoms. The molecule has 12 heteroatoms. The van der Waals surface area contributed by atoms with Crippen LogP contribution in [-0.4, -0.2) is 27.8 Å². The predicted octanol–water partition coefficient (Wildman–Crippen LogP) is 3.44. The molecule has 1 aromatic heterocycles. The first-order valence-corrected chi connectivity index (χ1v) is 8.90. The maximum atomic E-state index is 12.8. The van der Waals surface area contributed by atoms with Gasteiger partial charge in [-0.25, -0.2) is 0 Å². The van der Waals surface area contributed by atoms with Crippen LogP contribution in [0.5, 0.6) is 0 Å². The second-order valence-corrected chi connectivity index (χ2v) is 6.67. The zero-order valence-electron chi connectivity index (χ0n) is 15.4. The maximum Gasteiger partial charge on any atom is 0.417 e. The van der Waals surface area contributed by atoms with Gasteiger partial charge in [0.05, 0.1) is 21.2 Å². The summed E-state index contributed by atoms with van der Waals surface area (Å²) in [5.74, 6) is -3.03. The smallest absolute Gasteiger partial charge is 0.369 e. The summed E-state index contributed by atoms with van der Waals surface area (Å²) in [6.07, 6.45) is -4.02. The molecule has 2 unspecified atom stereocenters. The summed E-state index contributed by atoms with van der Waals surface area (Å²) in [4.78, 5) is 38.5. The van der Waals surface area contributed by atoms with Crippen molar-refractivity contribution in [1.82, 2.24) is 10.3 Å². The average Bonchev–Trinajstić information content (AvgIpc) is 2.67. The number of carbonyl (C=O) groups excluding carboxylic acids is 2. The van der Waals surface area contributed by atoms with Crippen molar-refractivity contribution in [2.24, 2.45) is 5.73 Å². The summed E-state index contributed by atoms with van der Waals surface area (Å²) in [6.45, 7) is 1.60. The van der Waals surface area contributed by atoms with E-state index < -0.39 is 45.5 Å². The molecule has 0 aliphatic carbocycles. The number of pyridine rings is 1. The third-order valence-corrected chi connectivity index (χ3v) is 4.58. The van der Waals surface area contributed by atoms with Gasteiger partial charge in [-0.05, 0) is 18.6 Å². The van der Waals surface area contributed by atoms with Crippen LogP contribution in [0.1, 0.15) is 40.9 Å². The lowest BCUT2D eigenvalue weighted by Crippen LogP contribution is -2.44. The molecule has 0 saturated carbocycles. The molecule has 1 heterocycles. The highest BCUT2D eigenvalue weighted by Crippen LogP contribution is 2.34. The number of nitro benzene ring substituents is 1. The number of alkyl halides is 3. The van der Waals surface area contributed by atoms with Crippen LogP contribution in [0.15, 0.2) is 36.5 Å². The largest absolute Gasteiger partial charge is 0.417 e. The average molecular weight is 445 g/mol. The number of nitrogens with zero attached hydrogens (tertiary/aromatic N) is 2. The second-order valence-electron chi connectivity index (χ2n) is 6.26. The number of nitrogens with one attached hydrogen (secondary N) is 1. The van der Waals surface area contributed by atoms with E-state index in [0.717, 1.165) is 6.07 Å². The van der Waals surface area contributed by atoms with Crippen molar-refractivity contribution in [1.29, 1.82) is 0 Å². The van der Waals surface area contributed by atoms with Crippen LogP contribution < -0.4 is 11.1 Å². The molecule has 2 atom stereocenters. The van der Waals surface area contributed by atoms with E-state index in [4.69, 9.17) is 17.3 Å². The van der Waals surface area contributed by atoms with Gasteiger partial charge >= 0.3 is 6.18 Å². The van der Waals surface area contributed by atoms with Crippen LogP contribution >= 0.6 is 11.6 Å². The third-order valence-electron chi connectivity index (χ3n) is 4.28. The number of primary amides is 1. The zero-order valence-corrected chi connectivity index (χ0v) is 16.2. The summed E-state index contributed by atoms with van der Waals surface area (Å²) in [7, 11) is 0. The van der Waals surface area contributed by atoms with Crippen molar-refractivity contribution in [3.63, 3.8) is 0 Å². The number of hydrogen-bond acceptors (Lipinski definition) is 5. The maximum absolute atomic E-state index is 12.8. The first-order valence-electron chi connectivity index (χ1n) is 8.53. The zero-order chi connectivity index (χ0) is 22.6. The number of rotatable bonds is 7. The number of aromatic nitrogens is 1. The Morgan fingerprint density at radius 3 is 2.50 bits per heavy atom. The van der Waals surface area contributed by atoms with E-state index in [1.165, 1.54) is 18.2 Å². The van der Waals surface area contributed by atoms with E-state index in [1.54, 1.807) is 6.92 Å². The van der Waals surface area contributed by atoms with E-state index in [2.05, 4.69) is 10.3 Å². The minimum Gasteiger partial charge on any atom is -0.369 e. The molecule has 30 heavy (non-hydrogen) atoms. The molecular formula is C18H16ClF3N4O4. The molecular weight excluding hydrogens is 429 g/mol. The van der Waals surface area contributed by atoms with Gasteiger partial charge < -0.3 is 11.1 Å². The van der Waals surface area contributed by atoms with Crippen LogP contribution in [0, 0.1) is 10.1 Å². The summed E-state index contributed by atoms with van der Waals surface area (Å²) in [5, 5.41) is 13.0. The summed E-state index contributed by atoms with van der Waals surface area (Å²) >= 11 is 5.93. The number of nitrogens with two attached hydrogens (primary N) is 1. The van der Waals surface area contributed by atoms with Gasteiger partial charge in [0.25, 0.3) is 11.6 Å². The van der Waals surface area contributed by atoms with E-state index >= 15 is 0 Å². The van der Waals surface area contributed by atoms with Crippen LogP contribution in [0.25, 0.3) is 0 Å². The fraction of sp³-hybridized carbons (Fsp3) is 0.278. The Kier molecular flexibility index (Phi) is 6.98. The summed E-state index contributed by atoms with van der Waals surface area (Å²) in [5.41, 5.74) is 3.74. The summed E-state index contributed by atoms with van der Waals surface area (Å²) in [6, 6.07) is 4.54. The lowest BCUT2D eigenvalue weighted by molar-refractivity contribution is -0.384. The van der Waals surface area contributed by atoms with Crippen LogP contribution in [-0.2, 0) is 11.0 Å². The van der Waals surface area contributed by atoms with Crippen molar-refractivity contribution in [3.8, 4) is 0 Å². The van der Waals surface area contributed by atoms with Crippen molar-refractivity contribution >= 4 is 29.1 Å². The van der Waals surface area contributed by atoms with Gasteiger partial charge in [0.2, 0.25) is 5.91 Å². The molecule has 0 aliphatic heterocycles. The predicted molar refractivity (Wildman–Crippen MR) is 101 cm³/mol. The Bertz CT molecular complexity index is 984. The molecule has 0 fully saturated rings. The van der Waals surface area contributed by atoms with Crippen molar-refractivity contribution < 1.29 is 27.7 Å². The first kappa shape index (κ1) is 23.1. The Labute approximate surface area is 173 Å². The number of amides is 2. The van der Waals surface area contributed by atoms with Crippen LogP contribution in [0.3, 0.4) is 0 Å². The Morgan fingerprint density at radius 2 is 2.00 bits per heavy atom.